The molecular formula is C13H13NO2. The molecule has 2 aromatic rings. The van der Waals surface area contributed by atoms with Gasteiger partial charge in [0.2, 0.25) is 0 Å². The van der Waals surface area contributed by atoms with Crippen LogP contribution in [0.25, 0.3) is 10.9 Å². The van der Waals surface area contributed by atoms with E-state index in [9.17, 15) is 4.79 Å². The SMILES string of the molecule is CCCOC(=O)c1cccc2cccnc12. The van der Waals surface area contributed by atoms with Crippen molar-refractivity contribution in [1.82, 2.24) is 4.98 Å². The minimum Gasteiger partial charge on any atom is -0.462 e. The largest absolute Gasteiger partial charge is 0.462 e. The van der Waals surface area contributed by atoms with Crippen LogP contribution < -0.4 is 0 Å². The zero-order valence-corrected chi connectivity index (χ0v) is 9.14. The second kappa shape index (κ2) is 4.75. The van der Waals surface area contributed by atoms with E-state index in [1.165, 1.54) is 0 Å². The van der Waals surface area contributed by atoms with E-state index in [0.717, 1.165) is 11.8 Å². The zero-order valence-electron chi connectivity index (χ0n) is 9.14. The number of carbonyl (C=O) groups excluding carboxylic acids is 1. The highest BCUT2D eigenvalue weighted by atomic mass is 16.5. The first kappa shape index (κ1) is 10.6. The van der Waals surface area contributed by atoms with E-state index in [0.29, 0.717) is 17.7 Å². The van der Waals surface area contributed by atoms with Crippen molar-refractivity contribution in [2.45, 2.75) is 13.3 Å². The molecule has 0 aliphatic heterocycles. The van der Waals surface area contributed by atoms with Crippen LogP contribution in [0.1, 0.15) is 23.7 Å². The number of carbonyl (C=O) groups is 1. The molecule has 1 aromatic heterocycles. The summed E-state index contributed by atoms with van der Waals surface area (Å²) in [5.74, 6) is -0.300. The Balaban J connectivity index is 2.40. The van der Waals surface area contributed by atoms with Gasteiger partial charge in [0.25, 0.3) is 0 Å². The molecule has 0 amide bonds. The minimum atomic E-state index is -0.300. The second-order valence-corrected chi connectivity index (χ2v) is 3.52. The second-order valence-electron chi connectivity index (χ2n) is 3.52. The van der Waals surface area contributed by atoms with Gasteiger partial charge in [-0.05, 0) is 18.6 Å². The summed E-state index contributed by atoms with van der Waals surface area (Å²) in [6.45, 7) is 2.41. The number of hydrogen-bond donors (Lipinski definition) is 0. The lowest BCUT2D eigenvalue weighted by atomic mass is 10.1. The Morgan fingerprint density at radius 1 is 1.31 bits per heavy atom. The molecule has 0 fully saturated rings. The smallest absolute Gasteiger partial charge is 0.340 e. The number of benzene rings is 1. The number of hydrogen-bond acceptors (Lipinski definition) is 3. The molecule has 3 nitrogen and oxygen atoms in total. The van der Waals surface area contributed by atoms with E-state index < -0.39 is 0 Å². The standard InChI is InChI=1S/C13H13NO2/c1-2-9-16-13(15)11-7-3-5-10-6-4-8-14-12(10)11/h3-8H,2,9H2,1H3. The molecule has 3 heteroatoms. The van der Waals surface area contributed by atoms with Crippen molar-refractivity contribution in [2.24, 2.45) is 0 Å². The molecule has 16 heavy (non-hydrogen) atoms. The molecule has 0 spiro atoms. The fourth-order valence-corrected chi connectivity index (χ4v) is 1.54. The van der Waals surface area contributed by atoms with Gasteiger partial charge < -0.3 is 4.74 Å². The van der Waals surface area contributed by atoms with Crippen LogP contribution >= 0.6 is 0 Å². The summed E-state index contributed by atoms with van der Waals surface area (Å²) in [4.78, 5) is 16.0. The van der Waals surface area contributed by atoms with Crippen molar-refractivity contribution in [2.75, 3.05) is 6.61 Å². The van der Waals surface area contributed by atoms with Gasteiger partial charge in [-0.15, -0.1) is 0 Å². The van der Waals surface area contributed by atoms with Gasteiger partial charge in [-0.2, -0.15) is 0 Å². The van der Waals surface area contributed by atoms with Gasteiger partial charge in [0.1, 0.15) is 0 Å². The summed E-state index contributed by atoms with van der Waals surface area (Å²) < 4.78 is 5.11. The number of aromatic nitrogens is 1. The molecular weight excluding hydrogens is 202 g/mol. The molecule has 1 aromatic carbocycles. The van der Waals surface area contributed by atoms with Crippen LogP contribution in [0.3, 0.4) is 0 Å². The lowest BCUT2D eigenvalue weighted by Crippen LogP contribution is -2.06. The maximum atomic E-state index is 11.8. The van der Waals surface area contributed by atoms with Crippen LogP contribution in [0.2, 0.25) is 0 Å². The van der Waals surface area contributed by atoms with Gasteiger partial charge >= 0.3 is 5.97 Å². The number of nitrogens with zero attached hydrogens (tertiary/aromatic N) is 1. The molecule has 0 atom stereocenters. The Morgan fingerprint density at radius 3 is 2.94 bits per heavy atom. The Kier molecular flexibility index (Phi) is 3.15. The fraction of sp³-hybridized carbons (Fsp3) is 0.231. The molecule has 0 radical (unpaired) electrons. The predicted molar refractivity (Wildman–Crippen MR) is 62.3 cm³/mol. The quantitative estimate of drug-likeness (QED) is 0.739. The van der Waals surface area contributed by atoms with E-state index in [2.05, 4.69) is 4.98 Å². The monoisotopic (exact) mass is 215 g/mol. The summed E-state index contributed by atoms with van der Waals surface area (Å²) in [7, 11) is 0. The number of para-hydroxylation sites is 1. The van der Waals surface area contributed by atoms with Crippen molar-refractivity contribution in [3.05, 3.63) is 42.1 Å². The predicted octanol–water partition coefficient (Wildman–Crippen LogP) is 2.80. The van der Waals surface area contributed by atoms with E-state index in [1.807, 2.05) is 31.2 Å². The highest BCUT2D eigenvalue weighted by Gasteiger charge is 2.11. The molecule has 82 valence electrons. The van der Waals surface area contributed by atoms with Gasteiger partial charge in [0.15, 0.2) is 0 Å². The number of esters is 1. The molecule has 1 heterocycles. The molecule has 0 aliphatic rings. The first-order valence-electron chi connectivity index (χ1n) is 5.34. The van der Waals surface area contributed by atoms with Crippen molar-refractivity contribution in [3.8, 4) is 0 Å². The summed E-state index contributed by atoms with van der Waals surface area (Å²) >= 11 is 0. The van der Waals surface area contributed by atoms with Crippen molar-refractivity contribution in [3.63, 3.8) is 0 Å². The molecule has 0 bridgehead atoms. The molecule has 0 unspecified atom stereocenters. The Bertz CT molecular complexity index is 503. The number of rotatable bonds is 3. The number of ether oxygens (including phenoxy) is 1. The van der Waals surface area contributed by atoms with Gasteiger partial charge in [-0.3, -0.25) is 4.98 Å². The molecule has 0 saturated heterocycles. The van der Waals surface area contributed by atoms with Crippen molar-refractivity contribution < 1.29 is 9.53 Å². The number of fused-ring (bicyclic) bond motifs is 1. The van der Waals surface area contributed by atoms with Gasteiger partial charge in [-0.1, -0.05) is 25.1 Å². The van der Waals surface area contributed by atoms with Crippen LogP contribution in [0.15, 0.2) is 36.5 Å². The molecule has 0 aliphatic carbocycles. The molecule has 0 saturated carbocycles. The Labute approximate surface area is 94.1 Å². The van der Waals surface area contributed by atoms with Crippen molar-refractivity contribution >= 4 is 16.9 Å². The molecule has 2 rings (SSSR count). The van der Waals surface area contributed by atoms with E-state index >= 15 is 0 Å². The van der Waals surface area contributed by atoms with Crippen LogP contribution in [0.4, 0.5) is 0 Å². The number of pyridine rings is 1. The van der Waals surface area contributed by atoms with Crippen LogP contribution in [-0.2, 0) is 4.74 Å². The van der Waals surface area contributed by atoms with E-state index in [1.54, 1.807) is 12.3 Å². The topological polar surface area (TPSA) is 39.2 Å². The maximum Gasteiger partial charge on any atom is 0.340 e. The average Bonchev–Trinajstić information content (AvgIpc) is 2.35. The maximum absolute atomic E-state index is 11.8. The third kappa shape index (κ3) is 2.03. The first-order valence-corrected chi connectivity index (χ1v) is 5.34. The first-order chi connectivity index (χ1) is 7.83. The summed E-state index contributed by atoms with van der Waals surface area (Å²) in [6.07, 6.45) is 2.50. The van der Waals surface area contributed by atoms with Crippen LogP contribution in [0.5, 0.6) is 0 Å². The van der Waals surface area contributed by atoms with Crippen LogP contribution in [0, 0.1) is 0 Å². The Hall–Kier alpha value is -1.90. The summed E-state index contributed by atoms with van der Waals surface area (Å²) in [5.41, 5.74) is 1.23. The van der Waals surface area contributed by atoms with E-state index in [-0.39, 0.29) is 5.97 Å². The van der Waals surface area contributed by atoms with Crippen LogP contribution in [-0.4, -0.2) is 17.6 Å². The normalized spacial score (nSPS) is 10.3. The summed E-state index contributed by atoms with van der Waals surface area (Å²) in [6, 6.07) is 9.29. The fourth-order valence-electron chi connectivity index (χ4n) is 1.54. The zero-order chi connectivity index (χ0) is 11.4. The van der Waals surface area contributed by atoms with Gasteiger partial charge in [0, 0.05) is 11.6 Å². The lowest BCUT2D eigenvalue weighted by Gasteiger charge is -2.05. The lowest BCUT2D eigenvalue weighted by molar-refractivity contribution is 0.0507. The average molecular weight is 215 g/mol. The highest BCUT2D eigenvalue weighted by Crippen LogP contribution is 2.16. The third-order valence-corrected chi connectivity index (χ3v) is 2.29. The van der Waals surface area contributed by atoms with E-state index in [4.69, 9.17) is 4.74 Å². The van der Waals surface area contributed by atoms with Gasteiger partial charge in [-0.25, -0.2) is 4.79 Å². The molecule has 0 N–H and O–H groups in total. The van der Waals surface area contributed by atoms with Gasteiger partial charge in [0.05, 0.1) is 17.7 Å². The minimum absolute atomic E-state index is 0.300. The third-order valence-electron chi connectivity index (χ3n) is 2.29. The van der Waals surface area contributed by atoms with Crippen molar-refractivity contribution in [1.29, 1.82) is 0 Å². The Morgan fingerprint density at radius 2 is 2.12 bits per heavy atom. The highest BCUT2D eigenvalue weighted by molar-refractivity contribution is 6.02. The summed E-state index contributed by atoms with van der Waals surface area (Å²) in [5, 5.41) is 0.952.